The molecule has 0 radical (unpaired) electrons. The Morgan fingerprint density at radius 3 is 2.86 bits per heavy atom. The van der Waals surface area contributed by atoms with Crippen molar-refractivity contribution in [1.29, 1.82) is 0 Å². The van der Waals surface area contributed by atoms with Crippen molar-refractivity contribution in [1.82, 2.24) is 4.90 Å². The minimum absolute atomic E-state index is 0.0211. The second-order valence-corrected chi connectivity index (χ2v) is 6.51. The van der Waals surface area contributed by atoms with E-state index in [1.54, 1.807) is 18.7 Å². The Balaban J connectivity index is 2.26. The topological polar surface area (TPSA) is 40.5 Å². The van der Waals surface area contributed by atoms with E-state index in [1.165, 1.54) is 19.1 Å². The van der Waals surface area contributed by atoms with Crippen molar-refractivity contribution in [3.8, 4) is 0 Å². The Morgan fingerprint density at radius 2 is 2.19 bits per heavy atom. The Hall–Kier alpha value is -1.14. The molecule has 1 aromatic rings. The summed E-state index contributed by atoms with van der Waals surface area (Å²) < 4.78 is 27.8. The first-order valence-corrected chi connectivity index (χ1v) is 8.06. The van der Waals surface area contributed by atoms with Gasteiger partial charge in [0.15, 0.2) is 0 Å². The monoisotopic (exact) mass is 315 g/mol. The zero-order valence-electron chi connectivity index (χ0n) is 12.1. The number of aliphatic carboxylic acids is 1. The molecular formula is C15H19F2NO2S. The maximum Gasteiger partial charge on any atom is 0.304 e. The van der Waals surface area contributed by atoms with Crippen LogP contribution in [0.4, 0.5) is 8.78 Å². The van der Waals surface area contributed by atoms with Gasteiger partial charge in [0.2, 0.25) is 0 Å². The van der Waals surface area contributed by atoms with Gasteiger partial charge in [-0.1, -0.05) is 0 Å². The van der Waals surface area contributed by atoms with E-state index in [2.05, 4.69) is 0 Å². The highest BCUT2D eigenvalue weighted by Crippen LogP contribution is 2.31. The van der Waals surface area contributed by atoms with Crippen molar-refractivity contribution in [2.24, 2.45) is 0 Å². The first-order chi connectivity index (χ1) is 9.90. The van der Waals surface area contributed by atoms with Crippen molar-refractivity contribution in [2.75, 3.05) is 18.1 Å². The van der Waals surface area contributed by atoms with Crippen LogP contribution in [0.15, 0.2) is 12.1 Å². The number of thioether (sulfide) groups is 1. The summed E-state index contributed by atoms with van der Waals surface area (Å²) in [6, 6.07) is 1.94. The summed E-state index contributed by atoms with van der Waals surface area (Å²) in [5.41, 5.74) is 0.570. The highest BCUT2D eigenvalue weighted by molar-refractivity contribution is 7.99. The van der Waals surface area contributed by atoms with Gasteiger partial charge in [-0.2, -0.15) is 11.8 Å². The normalized spacial score (nSPS) is 21.2. The predicted molar refractivity (Wildman–Crippen MR) is 79.6 cm³/mol. The largest absolute Gasteiger partial charge is 0.481 e. The second kappa shape index (κ2) is 6.75. The number of carboxylic acids is 1. The summed E-state index contributed by atoms with van der Waals surface area (Å²) in [6.45, 7) is 4.01. The van der Waals surface area contributed by atoms with E-state index in [-0.39, 0.29) is 24.1 Å². The quantitative estimate of drug-likeness (QED) is 0.926. The number of nitrogens with zero attached hydrogens (tertiary/aromatic N) is 1. The number of halogens is 2. The minimum atomic E-state index is -0.866. The number of hydrogen-bond donors (Lipinski definition) is 1. The fourth-order valence-electron chi connectivity index (χ4n) is 2.72. The lowest BCUT2D eigenvalue weighted by molar-refractivity contribution is -0.138. The second-order valence-electron chi connectivity index (χ2n) is 5.36. The Bertz CT molecular complexity index is 539. The van der Waals surface area contributed by atoms with Gasteiger partial charge in [-0.05, 0) is 31.5 Å². The Labute approximate surface area is 127 Å². The molecule has 0 saturated carbocycles. The van der Waals surface area contributed by atoms with Crippen molar-refractivity contribution in [3.05, 3.63) is 34.9 Å². The van der Waals surface area contributed by atoms with Gasteiger partial charge in [0.1, 0.15) is 11.6 Å². The summed E-state index contributed by atoms with van der Waals surface area (Å²) in [5.74, 6) is -0.161. The number of carbonyl (C=O) groups is 1. The number of rotatable bonds is 4. The van der Waals surface area contributed by atoms with E-state index in [1.807, 2.05) is 4.90 Å². The standard InChI is InChI=1S/C15H19F2NO2S/c1-9-5-14(17)12(7-13(9)16)10(2)18-3-4-21-8-11(18)6-15(19)20/h5,7,10-11H,3-4,6,8H2,1-2H3,(H,19,20). The van der Waals surface area contributed by atoms with E-state index in [4.69, 9.17) is 5.11 Å². The lowest BCUT2D eigenvalue weighted by atomic mass is 10.0. The van der Waals surface area contributed by atoms with Crippen LogP contribution >= 0.6 is 11.8 Å². The van der Waals surface area contributed by atoms with Gasteiger partial charge in [-0.3, -0.25) is 9.69 Å². The molecule has 2 unspecified atom stereocenters. The van der Waals surface area contributed by atoms with Crippen molar-refractivity contribution in [2.45, 2.75) is 32.4 Å². The molecule has 0 aliphatic carbocycles. The summed E-state index contributed by atoms with van der Waals surface area (Å²) >= 11 is 1.70. The summed E-state index contributed by atoms with van der Waals surface area (Å²) in [4.78, 5) is 12.9. The lowest BCUT2D eigenvalue weighted by Gasteiger charge is -2.39. The van der Waals surface area contributed by atoms with Crippen LogP contribution in [0, 0.1) is 18.6 Å². The molecule has 1 N–H and O–H groups in total. The van der Waals surface area contributed by atoms with Crippen LogP contribution in [0.3, 0.4) is 0 Å². The molecule has 1 fully saturated rings. The lowest BCUT2D eigenvalue weighted by Crippen LogP contribution is -2.45. The molecular weight excluding hydrogens is 296 g/mol. The SMILES string of the molecule is Cc1cc(F)c(C(C)N2CCSCC2CC(=O)O)cc1F. The van der Waals surface area contributed by atoms with Crippen molar-refractivity contribution >= 4 is 17.7 Å². The molecule has 6 heteroatoms. The molecule has 1 heterocycles. The van der Waals surface area contributed by atoms with E-state index in [0.717, 1.165) is 5.75 Å². The number of benzene rings is 1. The molecule has 116 valence electrons. The first-order valence-electron chi connectivity index (χ1n) is 6.91. The highest BCUT2D eigenvalue weighted by Gasteiger charge is 2.30. The zero-order chi connectivity index (χ0) is 15.6. The predicted octanol–water partition coefficient (Wildman–Crippen LogP) is 3.23. The minimum Gasteiger partial charge on any atom is -0.481 e. The average Bonchev–Trinajstić information content (AvgIpc) is 2.42. The first kappa shape index (κ1) is 16.2. The van der Waals surface area contributed by atoms with E-state index in [9.17, 15) is 13.6 Å². The number of aryl methyl sites for hydroxylation is 1. The molecule has 2 rings (SSSR count). The third-order valence-electron chi connectivity index (χ3n) is 3.91. The fourth-order valence-corrected chi connectivity index (χ4v) is 3.80. The van der Waals surface area contributed by atoms with Crippen LogP contribution in [0.5, 0.6) is 0 Å². The molecule has 3 nitrogen and oxygen atoms in total. The third-order valence-corrected chi connectivity index (χ3v) is 5.00. The molecule has 1 aliphatic heterocycles. The van der Waals surface area contributed by atoms with E-state index >= 15 is 0 Å². The molecule has 0 aromatic heterocycles. The van der Waals surface area contributed by atoms with Crippen LogP contribution in [0.25, 0.3) is 0 Å². The maximum atomic E-state index is 14.1. The van der Waals surface area contributed by atoms with Gasteiger partial charge in [-0.15, -0.1) is 0 Å². The van der Waals surface area contributed by atoms with Crippen molar-refractivity contribution in [3.63, 3.8) is 0 Å². The van der Waals surface area contributed by atoms with Crippen LogP contribution in [-0.2, 0) is 4.79 Å². The molecule has 1 aromatic carbocycles. The van der Waals surface area contributed by atoms with Gasteiger partial charge in [0.25, 0.3) is 0 Å². The van der Waals surface area contributed by atoms with E-state index < -0.39 is 17.6 Å². The van der Waals surface area contributed by atoms with E-state index in [0.29, 0.717) is 17.9 Å². The molecule has 21 heavy (non-hydrogen) atoms. The molecule has 1 aliphatic rings. The summed E-state index contributed by atoms with van der Waals surface area (Å²) in [6.07, 6.45) is 0.0211. The molecule has 1 saturated heterocycles. The summed E-state index contributed by atoms with van der Waals surface area (Å²) in [7, 11) is 0. The van der Waals surface area contributed by atoms with Gasteiger partial charge >= 0.3 is 5.97 Å². The van der Waals surface area contributed by atoms with Gasteiger partial charge in [0.05, 0.1) is 6.42 Å². The molecule has 0 bridgehead atoms. The van der Waals surface area contributed by atoms with Gasteiger partial charge in [0, 0.05) is 35.7 Å². The van der Waals surface area contributed by atoms with Gasteiger partial charge < -0.3 is 5.11 Å². The van der Waals surface area contributed by atoms with Crippen LogP contribution < -0.4 is 0 Å². The number of carboxylic acid groups (broad SMARTS) is 1. The van der Waals surface area contributed by atoms with Crippen LogP contribution in [-0.4, -0.2) is 40.1 Å². The van der Waals surface area contributed by atoms with Crippen LogP contribution in [0.1, 0.15) is 30.5 Å². The highest BCUT2D eigenvalue weighted by atomic mass is 32.2. The Morgan fingerprint density at radius 1 is 1.48 bits per heavy atom. The Kier molecular flexibility index (Phi) is 5.22. The van der Waals surface area contributed by atoms with Gasteiger partial charge in [-0.25, -0.2) is 8.78 Å². The molecule has 2 atom stereocenters. The maximum absolute atomic E-state index is 14.1. The fraction of sp³-hybridized carbons (Fsp3) is 0.533. The number of hydrogen-bond acceptors (Lipinski definition) is 3. The molecule has 0 spiro atoms. The van der Waals surface area contributed by atoms with Crippen LogP contribution in [0.2, 0.25) is 0 Å². The zero-order valence-corrected chi connectivity index (χ0v) is 12.9. The molecule has 0 amide bonds. The van der Waals surface area contributed by atoms with Crippen molar-refractivity contribution < 1.29 is 18.7 Å². The third kappa shape index (κ3) is 3.74. The average molecular weight is 315 g/mol. The summed E-state index contributed by atoms with van der Waals surface area (Å²) in [5, 5.41) is 9.00. The smallest absolute Gasteiger partial charge is 0.304 e.